The minimum Gasteiger partial charge on any atom is -0.506 e. The molecule has 154 valence electrons. The average Bonchev–Trinajstić information content (AvgIpc) is 2.92. The molecule has 1 aliphatic heterocycles. The van der Waals surface area contributed by atoms with Crippen LogP contribution in [0.3, 0.4) is 0 Å². The largest absolute Gasteiger partial charge is 0.506 e. The highest BCUT2D eigenvalue weighted by Crippen LogP contribution is 2.31. The highest BCUT2D eigenvalue weighted by molar-refractivity contribution is 7.92. The van der Waals surface area contributed by atoms with Gasteiger partial charge < -0.3 is 15.7 Å². The molecule has 0 spiro atoms. The van der Waals surface area contributed by atoms with Crippen molar-refractivity contribution in [2.24, 2.45) is 0 Å². The fraction of sp³-hybridized carbons (Fsp3) is 0.556. The van der Waals surface area contributed by atoms with Crippen molar-refractivity contribution in [1.29, 1.82) is 0 Å². The third kappa shape index (κ3) is 5.06. The number of phenolic OH excluding ortho intramolecular Hbond substituents is 1. The standard InChI is InChI=1S/C18H26N4O5S/c23-16-11-13(8-9-15(16)22-12-17(24)21-28(22,26)27)5-4-10-19-18(25)20-14-6-2-1-3-7-14/h8-9,11,14,23H,1-7,10,12H2,(H,21,24)(H2,19,20,25). The summed E-state index contributed by atoms with van der Waals surface area (Å²) in [5, 5.41) is 16.0. The molecule has 1 aliphatic carbocycles. The number of carbonyl (C=O) groups excluding carboxylic acids is 2. The van der Waals surface area contributed by atoms with Crippen LogP contribution in [0.4, 0.5) is 10.5 Å². The predicted octanol–water partition coefficient (Wildman–Crippen LogP) is 1.14. The molecule has 3 amide bonds. The van der Waals surface area contributed by atoms with Crippen LogP contribution in [0.2, 0.25) is 0 Å². The van der Waals surface area contributed by atoms with Crippen molar-refractivity contribution >= 4 is 27.8 Å². The number of anilines is 1. The summed E-state index contributed by atoms with van der Waals surface area (Å²) in [4.78, 5) is 23.2. The second kappa shape index (κ2) is 8.68. The number of aryl methyl sites for hydroxylation is 1. The third-order valence-electron chi connectivity index (χ3n) is 5.00. The van der Waals surface area contributed by atoms with Crippen LogP contribution in [0, 0.1) is 0 Å². The molecule has 2 aliphatic rings. The fourth-order valence-electron chi connectivity index (χ4n) is 3.57. The number of amides is 3. The second-order valence-corrected chi connectivity index (χ2v) is 8.79. The summed E-state index contributed by atoms with van der Waals surface area (Å²) in [5.41, 5.74) is 0.874. The van der Waals surface area contributed by atoms with Crippen molar-refractivity contribution in [3.63, 3.8) is 0 Å². The van der Waals surface area contributed by atoms with Gasteiger partial charge in [-0.1, -0.05) is 25.3 Å². The molecule has 28 heavy (non-hydrogen) atoms. The van der Waals surface area contributed by atoms with Crippen LogP contribution in [0.15, 0.2) is 18.2 Å². The van der Waals surface area contributed by atoms with Gasteiger partial charge in [0.15, 0.2) is 0 Å². The molecule has 0 unspecified atom stereocenters. The molecule has 3 rings (SSSR count). The number of nitrogens with zero attached hydrogens (tertiary/aromatic N) is 1. The third-order valence-corrected chi connectivity index (χ3v) is 6.39. The van der Waals surface area contributed by atoms with Gasteiger partial charge in [0.1, 0.15) is 12.3 Å². The van der Waals surface area contributed by atoms with Crippen LogP contribution in [0.5, 0.6) is 5.75 Å². The molecule has 4 N–H and O–H groups in total. The maximum absolute atomic E-state index is 11.9. The first kappa shape index (κ1) is 20.2. The van der Waals surface area contributed by atoms with E-state index in [1.54, 1.807) is 6.07 Å². The van der Waals surface area contributed by atoms with Crippen LogP contribution in [-0.2, 0) is 21.4 Å². The van der Waals surface area contributed by atoms with Gasteiger partial charge in [-0.2, -0.15) is 8.42 Å². The molecule has 2 fully saturated rings. The SMILES string of the molecule is O=C1CN(c2ccc(CCCNC(=O)NC3CCCCC3)cc2O)S(=O)(=O)N1. The van der Waals surface area contributed by atoms with E-state index >= 15 is 0 Å². The topological polar surface area (TPSA) is 128 Å². The molecule has 0 atom stereocenters. The van der Waals surface area contributed by atoms with E-state index in [1.807, 2.05) is 4.72 Å². The summed E-state index contributed by atoms with van der Waals surface area (Å²) in [6.45, 7) is 0.148. The highest BCUT2D eigenvalue weighted by Gasteiger charge is 2.35. The van der Waals surface area contributed by atoms with Crippen molar-refractivity contribution in [3.05, 3.63) is 23.8 Å². The number of phenols is 1. The molecule has 10 heteroatoms. The normalized spacial score (nSPS) is 19.3. The fourth-order valence-corrected chi connectivity index (χ4v) is 4.74. The Morgan fingerprint density at radius 1 is 1.25 bits per heavy atom. The number of carbonyl (C=O) groups is 2. The molecule has 0 bridgehead atoms. The Balaban J connectivity index is 1.46. The van der Waals surface area contributed by atoms with Crippen molar-refractivity contribution in [1.82, 2.24) is 15.4 Å². The van der Waals surface area contributed by atoms with Crippen LogP contribution in [0.25, 0.3) is 0 Å². The number of benzene rings is 1. The van der Waals surface area contributed by atoms with Crippen LogP contribution < -0.4 is 19.7 Å². The molecule has 1 heterocycles. The van der Waals surface area contributed by atoms with Crippen LogP contribution in [-0.4, -0.2) is 44.6 Å². The van der Waals surface area contributed by atoms with Crippen molar-refractivity contribution in [2.75, 3.05) is 17.4 Å². The first-order valence-electron chi connectivity index (χ1n) is 9.55. The van der Waals surface area contributed by atoms with Gasteiger partial charge in [-0.15, -0.1) is 0 Å². The molecule has 1 aromatic carbocycles. The van der Waals surface area contributed by atoms with Crippen LogP contribution >= 0.6 is 0 Å². The number of hydrogen-bond donors (Lipinski definition) is 4. The summed E-state index contributed by atoms with van der Waals surface area (Å²) in [6.07, 6.45) is 6.92. The summed E-state index contributed by atoms with van der Waals surface area (Å²) in [5.74, 6) is -0.846. The second-order valence-electron chi connectivity index (χ2n) is 7.20. The zero-order valence-electron chi connectivity index (χ0n) is 15.6. The number of aromatic hydroxyl groups is 1. The van der Waals surface area contributed by atoms with Gasteiger partial charge in [0, 0.05) is 12.6 Å². The molecular weight excluding hydrogens is 384 g/mol. The van der Waals surface area contributed by atoms with Gasteiger partial charge in [0.2, 0.25) is 0 Å². The lowest BCUT2D eigenvalue weighted by Gasteiger charge is -2.22. The maximum Gasteiger partial charge on any atom is 0.326 e. The monoisotopic (exact) mass is 410 g/mol. The molecule has 1 saturated heterocycles. The Kier molecular flexibility index (Phi) is 6.28. The zero-order chi connectivity index (χ0) is 20.1. The minimum atomic E-state index is -3.95. The smallest absolute Gasteiger partial charge is 0.326 e. The van der Waals surface area contributed by atoms with Gasteiger partial charge in [0.25, 0.3) is 5.91 Å². The Hall–Kier alpha value is -2.49. The number of hydrogen-bond acceptors (Lipinski definition) is 5. The Morgan fingerprint density at radius 2 is 2.00 bits per heavy atom. The lowest BCUT2D eigenvalue weighted by molar-refractivity contribution is -0.117. The maximum atomic E-state index is 11.9. The van der Waals surface area contributed by atoms with Crippen LogP contribution in [0.1, 0.15) is 44.1 Å². The van der Waals surface area contributed by atoms with E-state index < -0.39 is 16.1 Å². The van der Waals surface area contributed by atoms with Gasteiger partial charge >= 0.3 is 16.2 Å². The first-order valence-corrected chi connectivity index (χ1v) is 11.0. The summed E-state index contributed by atoms with van der Waals surface area (Å²) in [6, 6.07) is 4.78. The quantitative estimate of drug-likeness (QED) is 0.523. The Labute approximate surface area is 164 Å². The zero-order valence-corrected chi connectivity index (χ0v) is 16.4. The number of nitrogens with one attached hydrogen (secondary N) is 3. The average molecular weight is 410 g/mol. The van der Waals surface area contributed by atoms with E-state index in [1.165, 1.54) is 18.6 Å². The summed E-state index contributed by atoms with van der Waals surface area (Å²) in [7, 11) is -3.95. The molecule has 9 nitrogen and oxygen atoms in total. The first-order chi connectivity index (χ1) is 13.3. The summed E-state index contributed by atoms with van der Waals surface area (Å²) >= 11 is 0. The Bertz CT molecular complexity index is 836. The lowest BCUT2D eigenvalue weighted by Crippen LogP contribution is -2.43. The van der Waals surface area contributed by atoms with E-state index in [0.717, 1.165) is 35.6 Å². The van der Waals surface area contributed by atoms with E-state index in [2.05, 4.69) is 10.6 Å². The molecule has 0 radical (unpaired) electrons. The molecule has 1 aromatic rings. The van der Waals surface area contributed by atoms with Crippen molar-refractivity contribution < 1.29 is 23.1 Å². The molecular formula is C18H26N4O5S. The minimum absolute atomic E-state index is 0.0621. The van der Waals surface area contributed by atoms with Gasteiger partial charge in [-0.05, 0) is 43.4 Å². The predicted molar refractivity (Wildman–Crippen MR) is 104 cm³/mol. The van der Waals surface area contributed by atoms with Crippen molar-refractivity contribution in [2.45, 2.75) is 51.0 Å². The highest BCUT2D eigenvalue weighted by atomic mass is 32.2. The summed E-state index contributed by atoms with van der Waals surface area (Å²) < 4.78 is 26.4. The van der Waals surface area contributed by atoms with Gasteiger partial charge in [0.05, 0.1) is 5.69 Å². The van der Waals surface area contributed by atoms with E-state index in [4.69, 9.17) is 0 Å². The van der Waals surface area contributed by atoms with E-state index in [9.17, 15) is 23.1 Å². The molecule has 1 saturated carbocycles. The lowest BCUT2D eigenvalue weighted by atomic mass is 9.96. The van der Waals surface area contributed by atoms with Gasteiger partial charge in [-0.25, -0.2) is 13.8 Å². The van der Waals surface area contributed by atoms with E-state index in [0.29, 0.717) is 19.4 Å². The Morgan fingerprint density at radius 3 is 2.64 bits per heavy atom. The number of urea groups is 1. The van der Waals surface area contributed by atoms with E-state index in [-0.39, 0.29) is 30.1 Å². The van der Waals surface area contributed by atoms with Crippen molar-refractivity contribution in [3.8, 4) is 5.75 Å². The number of rotatable bonds is 6. The van der Waals surface area contributed by atoms with Gasteiger partial charge in [-0.3, -0.25) is 4.79 Å². The molecule has 0 aromatic heterocycles.